The monoisotopic (exact) mass is 511 g/mol. The highest BCUT2D eigenvalue weighted by Crippen LogP contribution is 2.10. The number of rotatable bonds is 7. The number of hydrogen-bond donors (Lipinski definition) is 2. The quantitative estimate of drug-likeness (QED) is 0.289. The minimum atomic E-state index is -0.433. The van der Waals surface area contributed by atoms with Crippen LogP contribution in [0.25, 0.3) is 5.69 Å². The molecule has 29 heavy (non-hydrogen) atoms. The van der Waals surface area contributed by atoms with Crippen molar-refractivity contribution < 1.29 is 8.78 Å². The van der Waals surface area contributed by atoms with Gasteiger partial charge in [0.25, 0.3) is 0 Å². The average molecular weight is 511 g/mol. The van der Waals surface area contributed by atoms with Gasteiger partial charge in [-0.1, -0.05) is 12.1 Å². The standard InChI is InChI=1S/C21H23F2N5.HI/c1-24-21(26-13-10-17-15-18(22)5-8-20(17)23)25-12-9-16-3-6-19(7-4-16)28-14-2-11-27-28;/h2-8,11,14-15H,9-10,12-13H2,1H3,(H2,24,25,26);1H. The highest BCUT2D eigenvalue weighted by molar-refractivity contribution is 14.0. The van der Waals surface area contributed by atoms with E-state index in [0.717, 1.165) is 24.2 Å². The Balaban J connectivity index is 0.00000300. The zero-order chi connectivity index (χ0) is 19.8. The molecule has 0 aliphatic carbocycles. The lowest BCUT2D eigenvalue weighted by atomic mass is 10.1. The van der Waals surface area contributed by atoms with Crippen LogP contribution in [0.3, 0.4) is 0 Å². The number of halogens is 3. The van der Waals surface area contributed by atoms with Crippen LogP contribution in [0.4, 0.5) is 8.78 Å². The molecule has 0 fully saturated rings. The molecule has 0 spiro atoms. The van der Waals surface area contributed by atoms with Crippen LogP contribution in [0.2, 0.25) is 0 Å². The Morgan fingerprint density at radius 3 is 2.41 bits per heavy atom. The van der Waals surface area contributed by atoms with Crippen LogP contribution < -0.4 is 10.6 Å². The average Bonchev–Trinajstić information content (AvgIpc) is 3.24. The van der Waals surface area contributed by atoms with Crippen molar-refractivity contribution in [2.45, 2.75) is 12.8 Å². The van der Waals surface area contributed by atoms with Gasteiger partial charge in [-0.15, -0.1) is 24.0 Å². The van der Waals surface area contributed by atoms with Gasteiger partial charge in [-0.3, -0.25) is 4.99 Å². The van der Waals surface area contributed by atoms with Gasteiger partial charge in [-0.25, -0.2) is 13.5 Å². The van der Waals surface area contributed by atoms with Crippen LogP contribution in [-0.4, -0.2) is 35.9 Å². The fourth-order valence-corrected chi connectivity index (χ4v) is 2.83. The summed E-state index contributed by atoms with van der Waals surface area (Å²) in [7, 11) is 1.68. The molecule has 5 nitrogen and oxygen atoms in total. The van der Waals surface area contributed by atoms with Crippen LogP contribution in [0.5, 0.6) is 0 Å². The molecule has 0 radical (unpaired) electrons. The van der Waals surface area contributed by atoms with E-state index in [2.05, 4.69) is 32.9 Å². The molecule has 0 amide bonds. The fraction of sp³-hybridized carbons (Fsp3) is 0.238. The van der Waals surface area contributed by atoms with Crippen molar-refractivity contribution in [1.29, 1.82) is 0 Å². The Morgan fingerprint density at radius 1 is 1.03 bits per heavy atom. The molecule has 0 unspecified atom stereocenters. The second kappa shape index (κ2) is 11.5. The molecule has 0 saturated heterocycles. The van der Waals surface area contributed by atoms with Crippen LogP contribution in [0.15, 0.2) is 65.9 Å². The van der Waals surface area contributed by atoms with E-state index in [9.17, 15) is 8.78 Å². The van der Waals surface area contributed by atoms with E-state index in [1.807, 2.05) is 29.1 Å². The van der Waals surface area contributed by atoms with Gasteiger partial charge in [-0.2, -0.15) is 5.10 Å². The van der Waals surface area contributed by atoms with Gasteiger partial charge in [0.2, 0.25) is 0 Å². The van der Waals surface area contributed by atoms with E-state index in [-0.39, 0.29) is 24.0 Å². The van der Waals surface area contributed by atoms with E-state index in [4.69, 9.17) is 0 Å². The van der Waals surface area contributed by atoms with Crippen molar-refractivity contribution in [3.05, 3.63) is 83.7 Å². The zero-order valence-corrected chi connectivity index (χ0v) is 18.4. The summed E-state index contributed by atoms with van der Waals surface area (Å²) in [4.78, 5) is 4.15. The first-order chi connectivity index (χ1) is 13.7. The summed E-state index contributed by atoms with van der Waals surface area (Å²) in [6.07, 6.45) is 4.86. The summed E-state index contributed by atoms with van der Waals surface area (Å²) in [5.41, 5.74) is 2.56. The molecular formula is C21H24F2IN5. The largest absolute Gasteiger partial charge is 0.356 e. The predicted molar refractivity (Wildman–Crippen MR) is 122 cm³/mol. The van der Waals surface area contributed by atoms with Crippen LogP contribution >= 0.6 is 24.0 Å². The first-order valence-corrected chi connectivity index (χ1v) is 9.13. The van der Waals surface area contributed by atoms with Crippen molar-refractivity contribution in [2.75, 3.05) is 20.1 Å². The van der Waals surface area contributed by atoms with Crippen molar-refractivity contribution in [1.82, 2.24) is 20.4 Å². The SMILES string of the molecule is CN=C(NCCc1ccc(-n2cccn2)cc1)NCCc1cc(F)ccc1F.I. The van der Waals surface area contributed by atoms with Gasteiger partial charge in [-0.05, 0) is 60.4 Å². The maximum absolute atomic E-state index is 13.6. The zero-order valence-electron chi connectivity index (χ0n) is 16.1. The molecule has 1 aromatic heterocycles. The van der Waals surface area contributed by atoms with Crippen molar-refractivity contribution >= 4 is 29.9 Å². The number of benzene rings is 2. The minimum absolute atomic E-state index is 0. The second-order valence-corrected chi connectivity index (χ2v) is 6.28. The molecule has 154 valence electrons. The van der Waals surface area contributed by atoms with E-state index in [0.29, 0.717) is 31.0 Å². The van der Waals surface area contributed by atoms with Gasteiger partial charge in [0.15, 0.2) is 5.96 Å². The minimum Gasteiger partial charge on any atom is -0.356 e. The third kappa shape index (κ3) is 6.81. The predicted octanol–water partition coefficient (Wildman–Crippen LogP) is 3.72. The summed E-state index contributed by atoms with van der Waals surface area (Å²) in [6.45, 7) is 1.16. The van der Waals surface area contributed by atoms with Crippen molar-refractivity contribution in [2.24, 2.45) is 4.99 Å². The Morgan fingerprint density at radius 2 is 1.76 bits per heavy atom. The molecule has 0 bridgehead atoms. The summed E-state index contributed by atoms with van der Waals surface area (Å²) >= 11 is 0. The van der Waals surface area contributed by atoms with E-state index in [1.54, 1.807) is 13.2 Å². The van der Waals surface area contributed by atoms with Gasteiger partial charge in [0.05, 0.1) is 5.69 Å². The van der Waals surface area contributed by atoms with E-state index in [1.165, 1.54) is 11.6 Å². The third-order valence-electron chi connectivity index (χ3n) is 4.33. The van der Waals surface area contributed by atoms with Gasteiger partial charge in [0, 0.05) is 32.5 Å². The molecule has 2 N–H and O–H groups in total. The molecule has 0 aliphatic heterocycles. The molecule has 0 aliphatic rings. The number of guanidine groups is 1. The molecular weight excluding hydrogens is 487 g/mol. The normalized spacial score (nSPS) is 11.1. The highest BCUT2D eigenvalue weighted by atomic mass is 127. The van der Waals surface area contributed by atoms with Crippen molar-refractivity contribution in [3.63, 3.8) is 0 Å². The van der Waals surface area contributed by atoms with Crippen LogP contribution in [-0.2, 0) is 12.8 Å². The smallest absolute Gasteiger partial charge is 0.190 e. The summed E-state index contributed by atoms with van der Waals surface area (Å²) in [5.74, 6) is -0.202. The Hall–Kier alpha value is -2.49. The molecule has 3 rings (SSSR count). The van der Waals surface area contributed by atoms with Gasteiger partial charge >= 0.3 is 0 Å². The van der Waals surface area contributed by atoms with E-state index < -0.39 is 11.6 Å². The molecule has 2 aromatic carbocycles. The topological polar surface area (TPSA) is 54.2 Å². The molecule has 1 heterocycles. The summed E-state index contributed by atoms with van der Waals surface area (Å²) < 4.78 is 28.7. The maximum atomic E-state index is 13.6. The molecule has 8 heteroatoms. The summed E-state index contributed by atoms with van der Waals surface area (Å²) in [6, 6.07) is 13.6. The highest BCUT2D eigenvalue weighted by Gasteiger charge is 2.05. The lowest BCUT2D eigenvalue weighted by molar-refractivity contribution is 0.583. The fourth-order valence-electron chi connectivity index (χ4n) is 2.83. The van der Waals surface area contributed by atoms with Gasteiger partial charge < -0.3 is 10.6 Å². The number of aromatic nitrogens is 2. The first-order valence-electron chi connectivity index (χ1n) is 9.13. The van der Waals surface area contributed by atoms with Crippen LogP contribution in [0.1, 0.15) is 11.1 Å². The number of nitrogens with one attached hydrogen (secondary N) is 2. The molecule has 0 saturated carbocycles. The maximum Gasteiger partial charge on any atom is 0.190 e. The van der Waals surface area contributed by atoms with Crippen molar-refractivity contribution in [3.8, 4) is 5.69 Å². The Kier molecular flexibility index (Phi) is 9.04. The first kappa shape index (κ1) is 22.8. The Bertz CT molecular complexity index is 911. The third-order valence-corrected chi connectivity index (χ3v) is 4.33. The summed E-state index contributed by atoms with van der Waals surface area (Å²) in [5, 5.41) is 10.6. The van der Waals surface area contributed by atoms with Crippen LogP contribution in [0, 0.1) is 11.6 Å². The Labute approximate surface area is 186 Å². The van der Waals surface area contributed by atoms with E-state index >= 15 is 0 Å². The molecule has 3 aromatic rings. The van der Waals surface area contributed by atoms with Gasteiger partial charge in [0.1, 0.15) is 11.6 Å². The lowest BCUT2D eigenvalue weighted by Crippen LogP contribution is -2.39. The number of hydrogen-bond acceptors (Lipinski definition) is 2. The number of nitrogens with zero attached hydrogens (tertiary/aromatic N) is 3. The lowest BCUT2D eigenvalue weighted by Gasteiger charge is -2.12. The molecule has 0 atom stereocenters. The second-order valence-electron chi connectivity index (χ2n) is 6.28. The number of aliphatic imine (C=N–C) groups is 1.